The highest BCUT2D eigenvalue weighted by Crippen LogP contribution is 2.30. The van der Waals surface area contributed by atoms with Crippen LogP contribution in [-0.4, -0.2) is 15.1 Å². The van der Waals surface area contributed by atoms with E-state index in [4.69, 9.17) is 4.52 Å². The molecule has 0 aliphatic heterocycles. The first-order chi connectivity index (χ1) is 12.3. The SMILES string of the molecule is O=[N+]([O-])c1cccc(-c2noc(CNc3cccc(C(F)(F)F)c3)n2)c1. The van der Waals surface area contributed by atoms with Crippen LogP contribution >= 0.6 is 0 Å². The molecule has 0 bridgehead atoms. The number of halogens is 3. The molecule has 1 N–H and O–H groups in total. The lowest BCUT2D eigenvalue weighted by Gasteiger charge is -2.09. The summed E-state index contributed by atoms with van der Waals surface area (Å²) in [4.78, 5) is 14.3. The van der Waals surface area contributed by atoms with Crippen LogP contribution in [-0.2, 0) is 12.7 Å². The minimum absolute atomic E-state index is 0.00321. The van der Waals surface area contributed by atoms with Gasteiger partial charge in [0.05, 0.1) is 17.0 Å². The van der Waals surface area contributed by atoms with E-state index < -0.39 is 16.7 Å². The van der Waals surface area contributed by atoms with Gasteiger partial charge in [-0.3, -0.25) is 10.1 Å². The fourth-order valence-electron chi connectivity index (χ4n) is 2.19. The van der Waals surface area contributed by atoms with Gasteiger partial charge in [0.1, 0.15) is 0 Å². The summed E-state index contributed by atoms with van der Waals surface area (Å²) < 4.78 is 43.1. The Labute approximate surface area is 144 Å². The van der Waals surface area contributed by atoms with Crippen LogP contribution in [0.4, 0.5) is 24.5 Å². The topological polar surface area (TPSA) is 94.1 Å². The number of nitro groups is 1. The number of hydrogen-bond donors (Lipinski definition) is 1. The van der Waals surface area contributed by atoms with Crippen LogP contribution < -0.4 is 5.32 Å². The normalized spacial score (nSPS) is 11.3. The summed E-state index contributed by atoms with van der Waals surface area (Å²) in [5, 5.41) is 17.3. The molecule has 0 saturated carbocycles. The van der Waals surface area contributed by atoms with E-state index >= 15 is 0 Å². The number of benzene rings is 2. The van der Waals surface area contributed by atoms with Crippen molar-refractivity contribution in [1.82, 2.24) is 10.1 Å². The molecule has 26 heavy (non-hydrogen) atoms. The van der Waals surface area contributed by atoms with Crippen molar-refractivity contribution in [2.75, 3.05) is 5.32 Å². The molecule has 0 amide bonds. The second-order valence-corrected chi connectivity index (χ2v) is 5.25. The summed E-state index contributed by atoms with van der Waals surface area (Å²) in [6, 6.07) is 10.4. The number of anilines is 1. The van der Waals surface area contributed by atoms with E-state index in [2.05, 4.69) is 15.5 Å². The number of nitrogens with zero attached hydrogens (tertiary/aromatic N) is 3. The van der Waals surface area contributed by atoms with Gasteiger partial charge in [-0.25, -0.2) is 0 Å². The summed E-state index contributed by atoms with van der Waals surface area (Å²) in [5.74, 6) is 0.276. The molecule has 3 rings (SSSR count). The molecule has 0 radical (unpaired) electrons. The maximum atomic E-state index is 12.7. The summed E-state index contributed by atoms with van der Waals surface area (Å²) in [6.07, 6.45) is -4.43. The van der Waals surface area contributed by atoms with Crippen molar-refractivity contribution in [2.24, 2.45) is 0 Å². The molecule has 7 nitrogen and oxygen atoms in total. The van der Waals surface area contributed by atoms with Gasteiger partial charge in [0, 0.05) is 23.4 Å². The summed E-state index contributed by atoms with van der Waals surface area (Å²) in [5.41, 5.74) is -0.246. The van der Waals surface area contributed by atoms with E-state index in [9.17, 15) is 23.3 Å². The van der Waals surface area contributed by atoms with Crippen molar-refractivity contribution in [3.05, 3.63) is 70.1 Å². The summed E-state index contributed by atoms with van der Waals surface area (Å²) >= 11 is 0. The third kappa shape index (κ3) is 3.97. The first kappa shape index (κ1) is 17.4. The number of nitrogens with one attached hydrogen (secondary N) is 1. The van der Waals surface area contributed by atoms with Gasteiger partial charge in [-0.1, -0.05) is 23.4 Å². The monoisotopic (exact) mass is 364 g/mol. The Hall–Kier alpha value is -3.43. The summed E-state index contributed by atoms with van der Waals surface area (Å²) in [7, 11) is 0. The minimum Gasteiger partial charge on any atom is -0.376 e. The van der Waals surface area contributed by atoms with Gasteiger partial charge in [-0.15, -0.1) is 0 Å². The molecule has 10 heteroatoms. The molecule has 0 spiro atoms. The molecule has 0 aliphatic carbocycles. The fourth-order valence-corrected chi connectivity index (χ4v) is 2.19. The van der Waals surface area contributed by atoms with E-state index in [-0.39, 0.29) is 29.6 Å². The highest BCUT2D eigenvalue weighted by molar-refractivity contribution is 5.58. The molecular formula is C16H11F3N4O3. The Morgan fingerprint density at radius 2 is 1.92 bits per heavy atom. The Balaban J connectivity index is 1.72. The number of aromatic nitrogens is 2. The molecule has 0 saturated heterocycles. The van der Waals surface area contributed by atoms with Gasteiger partial charge in [0.25, 0.3) is 5.69 Å². The third-order valence-corrected chi connectivity index (χ3v) is 3.42. The zero-order valence-electron chi connectivity index (χ0n) is 13.0. The minimum atomic E-state index is -4.43. The molecule has 1 aromatic heterocycles. The van der Waals surface area contributed by atoms with Gasteiger partial charge in [-0.2, -0.15) is 18.2 Å². The van der Waals surface area contributed by atoms with Gasteiger partial charge >= 0.3 is 6.18 Å². The lowest BCUT2D eigenvalue weighted by Crippen LogP contribution is -2.06. The van der Waals surface area contributed by atoms with Crippen molar-refractivity contribution in [2.45, 2.75) is 12.7 Å². The first-order valence-electron chi connectivity index (χ1n) is 7.31. The number of non-ortho nitro benzene ring substituents is 1. The second-order valence-electron chi connectivity index (χ2n) is 5.25. The van der Waals surface area contributed by atoms with Crippen LogP contribution in [0.1, 0.15) is 11.5 Å². The fraction of sp³-hybridized carbons (Fsp3) is 0.125. The predicted molar refractivity (Wildman–Crippen MR) is 85.2 cm³/mol. The van der Waals surface area contributed by atoms with E-state index in [1.807, 2.05) is 0 Å². The van der Waals surface area contributed by atoms with Gasteiger partial charge in [0.15, 0.2) is 0 Å². The average molecular weight is 364 g/mol. The van der Waals surface area contributed by atoms with E-state index in [0.29, 0.717) is 5.56 Å². The predicted octanol–water partition coefficient (Wildman–Crippen LogP) is 4.28. The van der Waals surface area contributed by atoms with Crippen LogP contribution in [0.3, 0.4) is 0 Å². The van der Waals surface area contributed by atoms with Crippen LogP contribution in [0.15, 0.2) is 53.1 Å². The van der Waals surface area contributed by atoms with Crippen molar-refractivity contribution in [1.29, 1.82) is 0 Å². The van der Waals surface area contributed by atoms with Crippen molar-refractivity contribution < 1.29 is 22.6 Å². The van der Waals surface area contributed by atoms with E-state index in [1.165, 1.54) is 30.3 Å². The molecule has 0 fully saturated rings. The Morgan fingerprint density at radius 1 is 1.15 bits per heavy atom. The number of rotatable bonds is 5. The Kier molecular flexibility index (Phi) is 4.57. The number of alkyl halides is 3. The van der Waals surface area contributed by atoms with Crippen LogP contribution in [0, 0.1) is 10.1 Å². The van der Waals surface area contributed by atoms with E-state index in [1.54, 1.807) is 6.07 Å². The van der Waals surface area contributed by atoms with Crippen molar-refractivity contribution in [3.63, 3.8) is 0 Å². The van der Waals surface area contributed by atoms with Crippen molar-refractivity contribution in [3.8, 4) is 11.4 Å². The smallest absolute Gasteiger partial charge is 0.376 e. The third-order valence-electron chi connectivity index (χ3n) is 3.42. The van der Waals surface area contributed by atoms with Gasteiger partial charge in [-0.05, 0) is 18.2 Å². The van der Waals surface area contributed by atoms with Gasteiger partial charge < -0.3 is 9.84 Å². The molecule has 0 unspecified atom stereocenters. The van der Waals surface area contributed by atoms with Gasteiger partial charge in [0.2, 0.25) is 11.7 Å². The largest absolute Gasteiger partial charge is 0.416 e. The molecular weight excluding hydrogens is 353 g/mol. The second kappa shape index (κ2) is 6.82. The highest BCUT2D eigenvalue weighted by Gasteiger charge is 2.30. The van der Waals surface area contributed by atoms with E-state index in [0.717, 1.165) is 12.1 Å². The molecule has 0 atom stereocenters. The molecule has 3 aromatic rings. The van der Waals surface area contributed by atoms with Crippen LogP contribution in [0.2, 0.25) is 0 Å². The van der Waals surface area contributed by atoms with Crippen LogP contribution in [0.5, 0.6) is 0 Å². The lowest BCUT2D eigenvalue weighted by atomic mass is 10.2. The molecule has 134 valence electrons. The first-order valence-corrected chi connectivity index (χ1v) is 7.31. The zero-order valence-corrected chi connectivity index (χ0v) is 13.0. The maximum Gasteiger partial charge on any atom is 0.416 e. The molecule has 0 aliphatic rings. The van der Waals surface area contributed by atoms with Crippen LogP contribution in [0.25, 0.3) is 11.4 Å². The standard InChI is InChI=1S/C16H11F3N4O3/c17-16(18,19)11-4-2-5-12(8-11)20-9-14-21-15(22-26-14)10-3-1-6-13(7-10)23(24)25/h1-8,20H,9H2. The molecule has 1 heterocycles. The maximum absolute atomic E-state index is 12.7. The number of nitro benzene ring substituents is 1. The number of hydrogen-bond acceptors (Lipinski definition) is 6. The lowest BCUT2D eigenvalue weighted by molar-refractivity contribution is -0.384. The molecule has 2 aromatic carbocycles. The Bertz CT molecular complexity index is 940. The highest BCUT2D eigenvalue weighted by atomic mass is 19.4. The summed E-state index contributed by atoms with van der Waals surface area (Å²) in [6.45, 7) is 0.00321. The quantitative estimate of drug-likeness (QED) is 0.536. The zero-order chi connectivity index (χ0) is 18.7. The average Bonchev–Trinajstić information content (AvgIpc) is 3.09. The Morgan fingerprint density at radius 3 is 2.65 bits per heavy atom. The van der Waals surface area contributed by atoms with Crippen molar-refractivity contribution >= 4 is 11.4 Å².